The second-order valence-electron chi connectivity index (χ2n) is 5.03. The molecule has 1 fully saturated rings. The molecule has 0 saturated heterocycles. The number of nitrogen functional groups attached to an aromatic ring is 1. The van der Waals surface area contributed by atoms with Gasteiger partial charge in [0.15, 0.2) is 0 Å². The molecule has 1 saturated carbocycles. The molecule has 2 rings (SSSR count). The molecule has 0 radical (unpaired) electrons. The van der Waals surface area contributed by atoms with Crippen molar-refractivity contribution in [1.82, 2.24) is 4.72 Å². The number of anilines is 1. The second-order valence-corrected chi connectivity index (χ2v) is 8.29. The van der Waals surface area contributed by atoms with Crippen molar-refractivity contribution in [3.05, 3.63) is 23.2 Å². The van der Waals surface area contributed by atoms with Crippen molar-refractivity contribution in [3.8, 4) is 0 Å². The van der Waals surface area contributed by atoms with Gasteiger partial charge >= 0.3 is 0 Å². The Morgan fingerprint density at radius 1 is 1.40 bits per heavy atom. The Morgan fingerprint density at radius 3 is 2.80 bits per heavy atom. The van der Waals surface area contributed by atoms with Crippen LogP contribution in [0.3, 0.4) is 0 Å². The number of sulfonamides is 1. The minimum Gasteiger partial charge on any atom is -0.397 e. The summed E-state index contributed by atoms with van der Waals surface area (Å²) in [5, 5.41) is 0.899. The molecule has 1 aromatic rings. The van der Waals surface area contributed by atoms with Gasteiger partial charge in [0.05, 0.1) is 15.6 Å². The fourth-order valence-electron chi connectivity index (χ4n) is 2.44. The van der Waals surface area contributed by atoms with Gasteiger partial charge in [-0.3, -0.25) is 0 Å². The molecule has 3 N–H and O–H groups in total. The first-order valence-corrected chi connectivity index (χ1v) is 9.67. The molecule has 2 atom stereocenters. The maximum atomic E-state index is 12.3. The monoisotopic (exact) mass is 334 g/mol. The van der Waals surface area contributed by atoms with Gasteiger partial charge in [0.1, 0.15) is 0 Å². The van der Waals surface area contributed by atoms with Crippen molar-refractivity contribution in [2.75, 3.05) is 12.0 Å². The number of halogens is 1. The Morgan fingerprint density at radius 2 is 2.15 bits per heavy atom. The van der Waals surface area contributed by atoms with Gasteiger partial charge in [0.2, 0.25) is 10.0 Å². The summed E-state index contributed by atoms with van der Waals surface area (Å²) in [4.78, 5) is 0.172. The number of hydrogen-bond acceptors (Lipinski definition) is 4. The van der Waals surface area contributed by atoms with Gasteiger partial charge in [-0.2, -0.15) is 11.8 Å². The molecule has 1 aliphatic rings. The predicted octanol–water partition coefficient (Wildman–Crippen LogP) is 2.87. The number of rotatable bonds is 4. The van der Waals surface area contributed by atoms with Crippen LogP contribution >= 0.6 is 23.4 Å². The van der Waals surface area contributed by atoms with E-state index in [0.717, 1.165) is 25.7 Å². The summed E-state index contributed by atoms with van der Waals surface area (Å²) < 4.78 is 27.5. The van der Waals surface area contributed by atoms with Gasteiger partial charge in [0.25, 0.3) is 0 Å². The number of thioether (sulfide) groups is 1. The molecule has 4 nitrogen and oxygen atoms in total. The summed E-state index contributed by atoms with van der Waals surface area (Å²) in [6.45, 7) is 0. The first-order chi connectivity index (χ1) is 9.42. The molecule has 7 heteroatoms. The van der Waals surface area contributed by atoms with Crippen LogP contribution < -0.4 is 10.5 Å². The van der Waals surface area contributed by atoms with Gasteiger partial charge in [-0.25, -0.2) is 13.1 Å². The van der Waals surface area contributed by atoms with E-state index in [2.05, 4.69) is 11.0 Å². The van der Waals surface area contributed by atoms with Crippen LogP contribution in [0.1, 0.15) is 25.7 Å². The van der Waals surface area contributed by atoms with Crippen LogP contribution in [0.15, 0.2) is 23.1 Å². The lowest BCUT2D eigenvalue weighted by molar-refractivity contribution is 0.421. The van der Waals surface area contributed by atoms with Gasteiger partial charge in [-0.15, -0.1) is 0 Å². The molecule has 0 heterocycles. The van der Waals surface area contributed by atoms with Crippen LogP contribution in [0.25, 0.3) is 0 Å². The fourth-order valence-corrected chi connectivity index (χ4v) is 4.71. The SMILES string of the molecule is CSC1CCCC(NS(=O)(=O)c2ccc(Cl)c(N)c2)C1. The zero-order chi connectivity index (χ0) is 14.8. The molecule has 1 aliphatic carbocycles. The summed E-state index contributed by atoms with van der Waals surface area (Å²) in [6, 6.07) is 4.40. The third-order valence-electron chi connectivity index (χ3n) is 3.56. The van der Waals surface area contributed by atoms with E-state index < -0.39 is 10.0 Å². The molecule has 0 aliphatic heterocycles. The first-order valence-electron chi connectivity index (χ1n) is 6.52. The minimum atomic E-state index is -3.53. The summed E-state index contributed by atoms with van der Waals surface area (Å²) in [5.74, 6) is 0. The summed E-state index contributed by atoms with van der Waals surface area (Å²) in [5.41, 5.74) is 5.94. The lowest BCUT2D eigenvalue weighted by atomic mass is 9.96. The minimum absolute atomic E-state index is 0.00287. The van der Waals surface area contributed by atoms with E-state index in [9.17, 15) is 8.42 Å². The van der Waals surface area contributed by atoms with Crippen molar-refractivity contribution >= 4 is 39.1 Å². The van der Waals surface area contributed by atoms with E-state index in [1.165, 1.54) is 18.2 Å². The van der Waals surface area contributed by atoms with E-state index in [0.29, 0.717) is 10.3 Å². The third-order valence-corrected chi connectivity index (χ3v) is 6.52. The van der Waals surface area contributed by atoms with Crippen LogP contribution in [-0.4, -0.2) is 26.0 Å². The van der Waals surface area contributed by atoms with E-state index >= 15 is 0 Å². The van der Waals surface area contributed by atoms with Crippen LogP contribution in [0, 0.1) is 0 Å². The van der Waals surface area contributed by atoms with Crippen molar-refractivity contribution in [3.63, 3.8) is 0 Å². The predicted molar refractivity (Wildman–Crippen MR) is 85.7 cm³/mol. The Labute approximate surface area is 129 Å². The Bertz CT molecular complexity index is 578. The highest BCUT2D eigenvalue weighted by Gasteiger charge is 2.26. The highest BCUT2D eigenvalue weighted by atomic mass is 35.5. The molecule has 112 valence electrons. The first kappa shape index (κ1) is 15.9. The van der Waals surface area contributed by atoms with E-state index in [4.69, 9.17) is 17.3 Å². The van der Waals surface area contributed by atoms with E-state index in [1.54, 1.807) is 11.8 Å². The average molecular weight is 335 g/mol. The highest BCUT2D eigenvalue weighted by molar-refractivity contribution is 7.99. The highest BCUT2D eigenvalue weighted by Crippen LogP contribution is 2.28. The normalized spacial score (nSPS) is 23.7. The average Bonchev–Trinajstić information content (AvgIpc) is 2.41. The molecule has 0 bridgehead atoms. The summed E-state index contributed by atoms with van der Waals surface area (Å²) >= 11 is 7.62. The second kappa shape index (κ2) is 6.56. The lowest BCUT2D eigenvalue weighted by Gasteiger charge is -2.28. The van der Waals surface area contributed by atoms with Crippen molar-refractivity contribution in [2.24, 2.45) is 0 Å². The standard InChI is InChI=1S/C13H19ClN2O2S2/c1-19-10-4-2-3-9(7-10)16-20(17,18)11-5-6-12(14)13(15)8-11/h5-6,8-10,16H,2-4,7,15H2,1H3. The number of benzene rings is 1. The molecule has 0 amide bonds. The largest absolute Gasteiger partial charge is 0.397 e. The summed E-state index contributed by atoms with van der Waals surface area (Å²) in [7, 11) is -3.53. The lowest BCUT2D eigenvalue weighted by Crippen LogP contribution is -2.39. The Balaban J connectivity index is 2.12. The summed E-state index contributed by atoms with van der Waals surface area (Å²) in [6.07, 6.45) is 6.05. The van der Waals surface area contributed by atoms with E-state index in [-0.39, 0.29) is 16.6 Å². The zero-order valence-electron chi connectivity index (χ0n) is 11.3. The number of hydrogen-bond donors (Lipinski definition) is 2. The van der Waals surface area contributed by atoms with Crippen LogP contribution in [-0.2, 0) is 10.0 Å². The Kier molecular flexibility index (Phi) is 5.23. The quantitative estimate of drug-likeness (QED) is 0.830. The smallest absolute Gasteiger partial charge is 0.240 e. The van der Waals surface area contributed by atoms with Gasteiger partial charge < -0.3 is 5.73 Å². The molecule has 20 heavy (non-hydrogen) atoms. The molecule has 2 unspecified atom stereocenters. The molecule has 0 aromatic heterocycles. The van der Waals surface area contributed by atoms with Gasteiger partial charge in [-0.05, 0) is 43.7 Å². The maximum Gasteiger partial charge on any atom is 0.240 e. The fraction of sp³-hybridized carbons (Fsp3) is 0.538. The Hall–Kier alpha value is -0.430. The van der Waals surface area contributed by atoms with Crippen molar-refractivity contribution in [1.29, 1.82) is 0 Å². The maximum absolute atomic E-state index is 12.3. The van der Waals surface area contributed by atoms with Gasteiger partial charge in [-0.1, -0.05) is 18.0 Å². The van der Waals surface area contributed by atoms with E-state index in [1.807, 2.05) is 0 Å². The molecule has 0 spiro atoms. The molecular formula is C13H19ClN2O2S2. The van der Waals surface area contributed by atoms with Crippen LogP contribution in [0.2, 0.25) is 5.02 Å². The van der Waals surface area contributed by atoms with Crippen molar-refractivity contribution < 1.29 is 8.42 Å². The third kappa shape index (κ3) is 3.81. The van der Waals surface area contributed by atoms with Crippen LogP contribution in [0.5, 0.6) is 0 Å². The number of nitrogens with two attached hydrogens (primary N) is 1. The molecule has 1 aromatic carbocycles. The topological polar surface area (TPSA) is 72.2 Å². The zero-order valence-corrected chi connectivity index (χ0v) is 13.7. The molecular weight excluding hydrogens is 316 g/mol. The van der Waals surface area contributed by atoms with Crippen LogP contribution in [0.4, 0.5) is 5.69 Å². The number of nitrogens with one attached hydrogen (secondary N) is 1. The van der Waals surface area contributed by atoms with Gasteiger partial charge in [0, 0.05) is 11.3 Å². The van der Waals surface area contributed by atoms with Crippen molar-refractivity contribution in [2.45, 2.75) is 41.9 Å².